The van der Waals surface area contributed by atoms with E-state index in [0.717, 1.165) is 0 Å². The van der Waals surface area contributed by atoms with E-state index in [0.29, 0.717) is 41.6 Å². The Hall–Kier alpha value is -3.72. The minimum absolute atomic E-state index is 0.0441. The summed E-state index contributed by atoms with van der Waals surface area (Å²) in [5, 5.41) is 11.4. The largest absolute Gasteiger partial charge is 0.507 e. The van der Waals surface area contributed by atoms with E-state index in [1.807, 2.05) is 13.8 Å². The first-order chi connectivity index (χ1) is 17.3. The number of nitrogens with zero attached hydrogens (tertiary/aromatic N) is 1. The van der Waals surface area contributed by atoms with E-state index < -0.39 is 17.7 Å². The molecule has 0 saturated carbocycles. The van der Waals surface area contributed by atoms with Gasteiger partial charge in [0.2, 0.25) is 0 Å². The Morgan fingerprint density at radius 3 is 2.19 bits per heavy atom. The Bertz CT molecular complexity index is 1140. The van der Waals surface area contributed by atoms with Gasteiger partial charge in [0.1, 0.15) is 17.3 Å². The summed E-state index contributed by atoms with van der Waals surface area (Å²) in [5.41, 5.74) is 0.770. The Morgan fingerprint density at radius 2 is 1.58 bits per heavy atom. The maximum atomic E-state index is 13.3. The number of aliphatic hydroxyl groups excluding tert-OH is 1. The van der Waals surface area contributed by atoms with Crippen molar-refractivity contribution < 1.29 is 38.4 Å². The lowest BCUT2D eigenvalue weighted by Gasteiger charge is -2.26. The number of hydrogen-bond acceptors (Lipinski definition) is 8. The molecular weight excluding hydrogens is 466 g/mol. The van der Waals surface area contributed by atoms with Gasteiger partial charge < -0.3 is 33.7 Å². The number of ether oxygens (including phenoxy) is 5. The topological polar surface area (TPSA) is 104 Å². The standard InChI is InChI=1S/C27H33NO8/c1-16(2)36-13-7-12-28-24(17-8-10-21(34-5)22(14-17)35-6)23(26(30)27(28)31)25(29)19-15-18(32-3)9-11-20(19)33-4/h8-11,14-16,24,29H,7,12-13H2,1-6H3/b25-23+. The first-order valence-corrected chi connectivity index (χ1v) is 11.6. The van der Waals surface area contributed by atoms with Gasteiger partial charge in [-0.2, -0.15) is 0 Å². The summed E-state index contributed by atoms with van der Waals surface area (Å²) in [4.78, 5) is 28.0. The molecule has 1 saturated heterocycles. The molecule has 9 nitrogen and oxygen atoms in total. The van der Waals surface area contributed by atoms with Gasteiger partial charge in [-0.3, -0.25) is 9.59 Å². The number of carbonyl (C=O) groups is 2. The first-order valence-electron chi connectivity index (χ1n) is 11.6. The Balaban J connectivity index is 2.17. The van der Waals surface area contributed by atoms with Crippen LogP contribution in [0.2, 0.25) is 0 Å². The molecule has 36 heavy (non-hydrogen) atoms. The highest BCUT2D eigenvalue weighted by Gasteiger charge is 2.46. The van der Waals surface area contributed by atoms with Gasteiger partial charge >= 0.3 is 0 Å². The smallest absolute Gasteiger partial charge is 0.295 e. The lowest BCUT2D eigenvalue weighted by molar-refractivity contribution is -0.140. The highest BCUT2D eigenvalue weighted by Crippen LogP contribution is 2.43. The van der Waals surface area contributed by atoms with E-state index in [1.165, 1.54) is 33.3 Å². The van der Waals surface area contributed by atoms with Crippen LogP contribution in [0.1, 0.15) is 37.4 Å². The molecule has 1 amide bonds. The molecule has 2 aromatic carbocycles. The Morgan fingerprint density at radius 1 is 0.917 bits per heavy atom. The van der Waals surface area contributed by atoms with Crippen LogP contribution in [0.3, 0.4) is 0 Å². The third-order valence-corrected chi connectivity index (χ3v) is 5.92. The second kappa shape index (κ2) is 11.8. The van der Waals surface area contributed by atoms with Crippen LogP contribution in [0, 0.1) is 0 Å². The third-order valence-electron chi connectivity index (χ3n) is 5.92. The second-order valence-corrected chi connectivity index (χ2v) is 8.45. The maximum Gasteiger partial charge on any atom is 0.295 e. The molecule has 0 bridgehead atoms. The van der Waals surface area contributed by atoms with Crippen molar-refractivity contribution in [3.05, 3.63) is 53.1 Å². The fraction of sp³-hybridized carbons (Fsp3) is 0.407. The van der Waals surface area contributed by atoms with Crippen molar-refractivity contribution in [2.24, 2.45) is 0 Å². The van der Waals surface area contributed by atoms with Crippen LogP contribution >= 0.6 is 0 Å². The molecule has 1 unspecified atom stereocenters. The summed E-state index contributed by atoms with van der Waals surface area (Å²) in [6, 6.07) is 9.13. The normalized spacial score (nSPS) is 17.0. The van der Waals surface area contributed by atoms with Gasteiger partial charge in [0.15, 0.2) is 11.5 Å². The van der Waals surface area contributed by atoms with Crippen molar-refractivity contribution in [1.29, 1.82) is 0 Å². The van der Waals surface area contributed by atoms with Crippen LogP contribution in [0.4, 0.5) is 0 Å². The Kier molecular flexibility index (Phi) is 8.82. The van der Waals surface area contributed by atoms with E-state index in [4.69, 9.17) is 23.7 Å². The molecule has 0 spiro atoms. The molecule has 3 rings (SSSR count). The van der Waals surface area contributed by atoms with E-state index in [1.54, 1.807) is 36.4 Å². The van der Waals surface area contributed by atoms with Gasteiger partial charge in [0.25, 0.3) is 11.7 Å². The fourth-order valence-electron chi connectivity index (χ4n) is 4.18. The maximum absolute atomic E-state index is 13.3. The monoisotopic (exact) mass is 499 g/mol. The molecular formula is C27H33NO8. The molecule has 0 radical (unpaired) electrons. The molecule has 0 aliphatic carbocycles. The summed E-state index contributed by atoms with van der Waals surface area (Å²) in [7, 11) is 5.97. The second-order valence-electron chi connectivity index (χ2n) is 8.45. The average molecular weight is 500 g/mol. The molecule has 1 atom stereocenters. The fourth-order valence-corrected chi connectivity index (χ4v) is 4.18. The number of likely N-dealkylation sites (tertiary alicyclic amines) is 1. The van der Waals surface area contributed by atoms with E-state index in [9.17, 15) is 14.7 Å². The molecule has 0 aromatic heterocycles. The van der Waals surface area contributed by atoms with Crippen molar-refractivity contribution in [1.82, 2.24) is 4.90 Å². The lowest BCUT2D eigenvalue weighted by atomic mass is 9.94. The molecule has 1 fully saturated rings. The summed E-state index contributed by atoms with van der Waals surface area (Å²) in [6.07, 6.45) is 0.555. The van der Waals surface area contributed by atoms with Crippen molar-refractivity contribution >= 4 is 17.4 Å². The number of ketones is 1. The number of benzene rings is 2. The molecule has 1 N–H and O–H groups in total. The number of Topliss-reactive ketones (excluding diaryl/α,β-unsaturated/α-hetero) is 1. The molecule has 9 heteroatoms. The summed E-state index contributed by atoms with van der Waals surface area (Å²) >= 11 is 0. The predicted molar refractivity (Wildman–Crippen MR) is 134 cm³/mol. The van der Waals surface area contributed by atoms with Crippen molar-refractivity contribution in [3.63, 3.8) is 0 Å². The average Bonchev–Trinajstić information content (AvgIpc) is 3.14. The van der Waals surface area contributed by atoms with Gasteiger partial charge in [0.05, 0.1) is 51.7 Å². The molecule has 2 aromatic rings. The number of carbonyl (C=O) groups excluding carboxylic acids is 2. The highest BCUT2D eigenvalue weighted by atomic mass is 16.5. The molecule has 194 valence electrons. The summed E-state index contributed by atoms with van der Waals surface area (Å²) in [5.74, 6) is -0.133. The van der Waals surface area contributed by atoms with E-state index in [2.05, 4.69) is 0 Å². The van der Waals surface area contributed by atoms with Crippen LogP contribution < -0.4 is 18.9 Å². The number of methoxy groups -OCH3 is 4. The van der Waals surface area contributed by atoms with Crippen molar-refractivity contribution in [2.45, 2.75) is 32.4 Å². The SMILES string of the molecule is COc1ccc(OC)c(/C(O)=C2\C(=O)C(=O)N(CCCOC(C)C)C2c2ccc(OC)c(OC)c2)c1. The number of amides is 1. The van der Waals surface area contributed by atoms with Crippen LogP contribution in [-0.2, 0) is 14.3 Å². The zero-order valence-corrected chi connectivity index (χ0v) is 21.5. The van der Waals surface area contributed by atoms with E-state index in [-0.39, 0.29) is 29.5 Å². The number of rotatable bonds is 11. The van der Waals surface area contributed by atoms with Gasteiger partial charge in [-0.1, -0.05) is 6.07 Å². The van der Waals surface area contributed by atoms with Crippen molar-refractivity contribution in [2.75, 3.05) is 41.6 Å². The quantitative estimate of drug-likeness (QED) is 0.215. The van der Waals surface area contributed by atoms with Gasteiger partial charge in [-0.15, -0.1) is 0 Å². The summed E-state index contributed by atoms with van der Waals surface area (Å²) < 4.78 is 27.1. The number of hydrogen-bond donors (Lipinski definition) is 1. The Labute approximate surface area is 211 Å². The van der Waals surface area contributed by atoms with E-state index >= 15 is 0 Å². The molecule has 1 aliphatic heterocycles. The van der Waals surface area contributed by atoms with Gasteiger partial charge in [-0.05, 0) is 56.2 Å². The van der Waals surface area contributed by atoms with Gasteiger partial charge in [0, 0.05) is 13.2 Å². The van der Waals surface area contributed by atoms with Crippen LogP contribution in [-0.4, -0.2) is 69.4 Å². The molecule has 1 heterocycles. The van der Waals surface area contributed by atoms with Gasteiger partial charge in [-0.25, -0.2) is 0 Å². The zero-order valence-electron chi connectivity index (χ0n) is 21.5. The highest BCUT2D eigenvalue weighted by molar-refractivity contribution is 6.46. The minimum atomic E-state index is -0.861. The number of aliphatic hydroxyl groups is 1. The van der Waals surface area contributed by atoms with Crippen LogP contribution in [0.25, 0.3) is 5.76 Å². The van der Waals surface area contributed by atoms with Crippen LogP contribution in [0.5, 0.6) is 23.0 Å². The predicted octanol–water partition coefficient (Wildman–Crippen LogP) is 3.96. The minimum Gasteiger partial charge on any atom is -0.507 e. The summed E-state index contributed by atoms with van der Waals surface area (Å²) in [6.45, 7) is 4.53. The third kappa shape index (κ3) is 5.41. The zero-order chi connectivity index (χ0) is 26.4. The van der Waals surface area contributed by atoms with Crippen molar-refractivity contribution in [3.8, 4) is 23.0 Å². The van der Waals surface area contributed by atoms with Crippen LogP contribution in [0.15, 0.2) is 42.0 Å². The molecule has 1 aliphatic rings. The first kappa shape index (κ1) is 26.9. The lowest BCUT2D eigenvalue weighted by Crippen LogP contribution is -2.31.